The molecule has 0 spiro atoms. The van der Waals surface area contributed by atoms with Crippen molar-refractivity contribution in [2.75, 3.05) is 33.4 Å². The second-order valence-electron chi connectivity index (χ2n) is 8.87. The molecule has 0 aliphatic carbocycles. The van der Waals surface area contributed by atoms with E-state index >= 15 is 0 Å². The molecule has 2 unspecified atom stereocenters. The molecule has 0 bridgehead atoms. The number of unbranched alkanes of at least 4 members (excludes halogenated alkanes) is 11. The Balaban J connectivity index is 2.24. The molecule has 0 aromatic heterocycles. The molecular weight excluding hydrogens is 465 g/mol. The molecule has 2 N–H and O–H groups in total. The zero-order chi connectivity index (χ0) is 25.4. The van der Waals surface area contributed by atoms with Crippen molar-refractivity contribution in [3.05, 3.63) is 29.8 Å². The Kier molecular flexibility index (Phi) is 21.1. The van der Waals surface area contributed by atoms with Gasteiger partial charge < -0.3 is 28.7 Å². The Morgan fingerprint density at radius 1 is 0.914 bits per heavy atom. The number of carbonyl (C=O) groups is 1. The minimum atomic E-state index is -2.01. The molecule has 7 nitrogen and oxygen atoms in total. The standard InChI is InChI=1S/C27H48NO6P/c1-3-4-5-6-7-8-9-10-11-12-13-16-20-31-27-18-15-14-17-25(27)22-26(32-24-29)23-34-35(30)33-21-19-28-2/h14-15,17-18,24,26,28,30H,3-13,16,19-23H2,1-2H3. The number of carbonyl (C=O) groups excluding carboxylic acids is 1. The lowest BCUT2D eigenvalue weighted by Crippen LogP contribution is -2.22. The van der Waals surface area contributed by atoms with Gasteiger partial charge in [-0.3, -0.25) is 4.79 Å². The number of nitrogens with one attached hydrogen (secondary N) is 1. The molecule has 35 heavy (non-hydrogen) atoms. The summed E-state index contributed by atoms with van der Waals surface area (Å²) in [6.07, 6.45) is 15.7. The zero-order valence-corrected chi connectivity index (χ0v) is 22.8. The summed E-state index contributed by atoms with van der Waals surface area (Å²) in [6, 6.07) is 7.78. The maximum Gasteiger partial charge on any atom is 0.330 e. The second kappa shape index (κ2) is 23.2. The molecule has 0 aliphatic heterocycles. The van der Waals surface area contributed by atoms with E-state index in [1.165, 1.54) is 70.6 Å². The van der Waals surface area contributed by atoms with Crippen molar-refractivity contribution in [2.45, 2.75) is 96.5 Å². The Morgan fingerprint density at radius 2 is 1.54 bits per heavy atom. The average molecular weight is 514 g/mol. The first-order valence-corrected chi connectivity index (χ1v) is 14.5. The van der Waals surface area contributed by atoms with Gasteiger partial charge in [-0.25, -0.2) is 0 Å². The van der Waals surface area contributed by atoms with E-state index < -0.39 is 14.7 Å². The van der Waals surface area contributed by atoms with Gasteiger partial charge in [-0.15, -0.1) is 0 Å². The summed E-state index contributed by atoms with van der Waals surface area (Å²) in [5, 5.41) is 2.93. The number of hydrogen-bond donors (Lipinski definition) is 2. The number of hydrogen-bond acceptors (Lipinski definition) is 7. The Hall–Kier alpha value is -1.24. The van der Waals surface area contributed by atoms with E-state index in [0.29, 0.717) is 32.7 Å². The minimum Gasteiger partial charge on any atom is -0.493 e. The van der Waals surface area contributed by atoms with E-state index in [-0.39, 0.29) is 6.61 Å². The summed E-state index contributed by atoms with van der Waals surface area (Å²) in [5.74, 6) is 0.798. The Bertz CT molecular complexity index is 621. The lowest BCUT2D eigenvalue weighted by Gasteiger charge is -2.19. The zero-order valence-electron chi connectivity index (χ0n) is 21.9. The summed E-state index contributed by atoms with van der Waals surface area (Å²) >= 11 is 0. The van der Waals surface area contributed by atoms with Gasteiger partial charge >= 0.3 is 8.60 Å². The number of likely N-dealkylation sites (N-methyl/N-ethyl adjacent to an activating group) is 1. The van der Waals surface area contributed by atoms with Crippen molar-refractivity contribution in [1.29, 1.82) is 0 Å². The largest absolute Gasteiger partial charge is 0.493 e. The van der Waals surface area contributed by atoms with Crippen LogP contribution in [0.15, 0.2) is 24.3 Å². The van der Waals surface area contributed by atoms with Gasteiger partial charge in [-0.1, -0.05) is 95.8 Å². The molecule has 2 atom stereocenters. The van der Waals surface area contributed by atoms with Crippen molar-refractivity contribution in [1.82, 2.24) is 5.32 Å². The van der Waals surface area contributed by atoms with Gasteiger partial charge in [0, 0.05) is 13.0 Å². The van der Waals surface area contributed by atoms with Crippen LogP contribution < -0.4 is 10.1 Å². The molecule has 0 saturated heterocycles. The molecular formula is C27H48NO6P. The molecule has 0 aliphatic rings. The van der Waals surface area contributed by atoms with E-state index in [9.17, 15) is 9.69 Å². The fourth-order valence-corrected chi connectivity index (χ4v) is 4.43. The average Bonchev–Trinajstić information content (AvgIpc) is 2.86. The van der Waals surface area contributed by atoms with Crippen LogP contribution in [0.1, 0.15) is 89.5 Å². The topological polar surface area (TPSA) is 86.2 Å². The molecule has 0 heterocycles. The lowest BCUT2D eigenvalue weighted by molar-refractivity contribution is -0.135. The summed E-state index contributed by atoms with van der Waals surface area (Å²) in [7, 11) is -0.208. The fraction of sp³-hybridized carbons (Fsp3) is 0.741. The third kappa shape index (κ3) is 17.8. The van der Waals surface area contributed by atoms with Crippen molar-refractivity contribution >= 4 is 15.1 Å². The molecule has 0 amide bonds. The van der Waals surface area contributed by atoms with Gasteiger partial charge in [-0.05, 0) is 25.1 Å². The molecule has 1 aromatic carbocycles. The quantitative estimate of drug-likeness (QED) is 0.0898. The van der Waals surface area contributed by atoms with Crippen LogP contribution in [0.4, 0.5) is 0 Å². The van der Waals surface area contributed by atoms with Crippen LogP contribution in [0.2, 0.25) is 0 Å². The van der Waals surface area contributed by atoms with E-state index in [1.807, 2.05) is 24.3 Å². The van der Waals surface area contributed by atoms with Crippen LogP contribution in [0.25, 0.3) is 0 Å². The smallest absolute Gasteiger partial charge is 0.330 e. The first-order chi connectivity index (χ1) is 17.2. The fourth-order valence-electron chi connectivity index (χ4n) is 3.82. The second-order valence-corrected chi connectivity index (χ2v) is 9.87. The highest BCUT2D eigenvalue weighted by Crippen LogP contribution is 2.33. The number of ether oxygens (including phenoxy) is 2. The molecule has 1 aromatic rings. The first kappa shape index (κ1) is 31.8. The Labute approximate surface area is 214 Å². The SMILES string of the molecule is CCCCCCCCCCCCCCOc1ccccc1CC(COP(O)OCCNC)OC=O. The molecule has 0 fully saturated rings. The predicted molar refractivity (Wildman–Crippen MR) is 143 cm³/mol. The van der Waals surface area contributed by atoms with E-state index in [4.69, 9.17) is 18.5 Å². The van der Waals surface area contributed by atoms with Crippen molar-refractivity contribution < 1.29 is 28.2 Å². The van der Waals surface area contributed by atoms with Crippen LogP contribution in [0.5, 0.6) is 5.75 Å². The molecule has 1 rings (SSSR count). The van der Waals surface area contributed by atoms with Gasteiger partial charge in [0.15, 0.2) is 0 Å². The number of para-hydroxylation sites is 1. The Morgan fingerprint density at radius 3 is 2.17 bits per heavy atom. The third-order valence-corrected chi connectivity index (χ3v) is 6.62. The predicted octanol–water partition coefficient (Wildman–Crippen LogP) is 6.32. The summed E-state index contributed by atoms with van der Waals surface area (Å²) in [6.45, 7) is 4.35. The maximum atomic E-state index is 10.9. The van der Waals surface area contributed by atoms with Crippen LogP contribution in [0.3, 0.4) is 0 Å². The molecule has 0 radical (unpaired) electrons. The molecule has 8 heteroatoms. The summed E-state index contributed by atoms with van der Waals surface area (Å²) < 4.78 is 21.7. The van der Waals surface area contributed by atoms with Gasteiger partial charge in [0.2, 0.25) is 0 Å². The van der Waals surface area contributed by atoms with Crippen LogP contribution in [-0.2, 0) is 25.0 Å². The highest BCUT2D eigenvalue weighted by Gasteiger charge is 2.17. The monoisotopic (exact) mass is 513 g/mol. The van der Waals surface area contributed by atoms with E-state index in [1.54, 1.807) is 7.05 Å². The normalized spacial score (nSPS) is 12.9. The highest BCUT2D eigenvalue weighted by molar-refractivity contribution is 7.40. The van der Waals surface area contributed by atoms with Crippen LogP contribution in [-0.4, -0.2) is 50.9 Å². The van der Waals surface area contributed by atoms with E-state index in [2.05, 4.69) is 12.2 Å². The number of benzene rings is 1. The maximum absolute atomic E-state index is 10.9. The third-order valence-electron chi connectivity index (χ3n) is 5.85. The van der Waals surface area contributed by atoms with Gasteiger partial charge in [0.25, 0.3) is 6.47 Å². The molecule has 0 saturated carbocycles. The highest BCUT2D eigenvalue weighted by atomic mass is 31.2. The van der Waals surface area contributed by atoms with Crippen molar-refractivity contribution in [2.24, 2.45) is 0 Å². The van der Waals surface area contributed by atoms with Crippen LogP contribution in [0, 0.1) is 0 Å². The first-order valence-electron chi connectivity index (χ1n) is 13.4. The van der Waals surface area contributed by atoms with Gasteiger partial charge in [0.05, 0.1) is 19.8 Å². The van der Waals surface area contributed by atoms with Crippen molar-refractivity contribution in [3.8, 4) is 5.75 Å². The van der Waals surface area contributed by atoms with Crippen molar-refractivity contribution in [3.63, 3.8) is 0 Å². The van der Waals surface area contributed by atoms with E-state index in [0.717, 1.165) is 17.7 Å². The van der Waals surface area contributed by atoms with Gasteiger partial charge in [0.1, 0.15) is 11.9 Å². The lowest BCUT2D eigenvalue weighted by atomic mass is 10.1. The molecule has 202 valence electrons. The van der Waals surface area contributed by atoms with Crippen LogP contribution >= 0.6 is 8.60 Å². The summed E-state index contributed by atoms with van der Waals surface area (Å²) in [4.78, 5) is 20.8. The van der Waals surface area contributed by atoms with Gasteiger partial charge in [-0.2, -0.15) is 0 Å². The summed E-state index contributed by atoms with van der Waals surface area (Å²) in [5.41, 5.74) is 0.945. The number of rotatable bonds is 25. The minimum absolute atomic E-state index is 0.0492.